The van der Waals surface area contributed by atoms with Crippen LogP contribution >= 0.6 is 0 Å². The zero-order chi connectivity index (χ0) is 22.9. The van der Waals surface area contributed by atoms with Crippen LogP contribution in [0.3, 0.4) is 0 Å². The van der Waals surface area contributed by atoms with Gasteiger partial charge in [0.05, 0.1) is 6.54 Å². The summed E-state index contributed by atoms with van der Waals surface area (Å²) in [6, 6.07) is 18.1. The third-order valence-electron chi connectivity index (χ3n) is 5.36. The van der Waals surface area contributed by atoms with Crippen molar-refractivity contribution in [1.29, 1.82) is 0 Å². The molecule has 166 valence electrons. The average molecular weight is 449 g/mol. The molecule has 0 aliphatic carbocycles. The van der Waals surface area contributed by atoms with Gasteiger partial charge >= 0.3 is 6.61 Å². The van der Waals surface area contributed by atoms with Crippen LogP contribution in [-0.2, 0) is 11.3 Å². The summed E-state index contributed by atoms with van der Waals surface area (Å²) in [5, 5.41) is 0. The molecule has 2 aliphatic heterocycles. The molecular formula is C25H17F2NO5. The molecule has 0 bridgehead atoms. The van der Waals surface area contributed by atoms with Crippen molar-refractivity contribution in [1.82, 2.24) is 4.90 Å². The van der Waals surface area contributed by atoms with Crippen molar-refractivity contribution in [2.45, 2.75) is 13.2 Å². The molecule has 0 saturated heterocycles. The fourth-order valence-electron chi connectivity index (χ4n) is 3.82. The minimum atomic E-state index is -2.92. The lowest BCUT2D eigenvalue weighted by molar-refractivity contribution is -0.123. The van der Waals surface area contributed by atoms with Crippen molar-refractivity contribution in [3.05, 3.63) is 89.0 Å². The van der Waals surface area contributed by atoms with E-state index in [9.17, 15) is 18.4 Å². The Morgan fingerprint density at radius 1 is 0.909 bits per heavy atom. The first-order chi connectivity index (χ1) is 16.0. The smallest absolute Gasteiger partial charge is 0.387 e. The van der Waals surface area contributed by atoms with Crippen molar-refractivity contribution in [2.24, 2.45) is 0 Å². The molecule has 0 saturated carbocycles. The van der Waals surface area contributed by atoms with Gasteiger partial charge in [0.2, 0.25) is 6.79 Å². The molecule has 0 fully saturated rings. The van der Waals surface area contributed by atoms with Crippen molar-refractivity contribution in [3.63, 3.8) is 0 Å². The van der Waals surface area contributed by atoms with Crippen LogP contribution in [0, 0.1) is 0 Å². The fourth-order valence-corrected chi connectivity index (χ4v) is 3.82. The molecule has 0 atom stereocenters. The second-order valence-corrected chi connectivity index (χ2v) is 7.44. The summed E-state index contributed by atoms with van der Waals surface area (Å²) in [7, 11) is 0. The number of carbonyl (C=O) groups is 2. The minimum absolute atomic E-state index is 0.0159. The number of imide groups is 1. The predicted octanol–water partition coefficient (Wildman–Crippen LogP) is 4.74. The summed E-state index contributed by atoms with van der Waals surface area (Å²) >= 11 is 0. The standard InChI is InChI=1S/C25H17F2NO5/c26-25(27)33-17-8-5-15(6-9-17)11-20-18-3-1-2-4-19(18)23(29)28(24(20)30)13-16-7-10-21-22(12-16)32-14-31-21/h1-12,25H,13-14H2/b20-11+. The Morgan fingerprint density at radius 3 is 2.39 bits per heavy atom. The Balaban J connectivity index is 1.49. The van der Waals surface area contributed by atoms with Gasteiger partial charge in [0.1, 0.15) is 5.75 Å². The maximum atomic E-state index is 13.4. The second-order valence-electron chi connectivity index (χ2n) is 7.44. The number of hydrogen-bond acceptors (Lipinski definition) is 5. The zero-order valence-electron chi connectivity index (χ0n) is 17.2. The van der Waals surface area contributed by atoms with Crippen LogP contribution in [0.15, 0.2) is 66.7 Å². The van der Waals surface area contributed by atoms with Crippen LogP contribution in [0.1, 0.15) is 27.0 Å². The molecule has 5 rings (SSSR count). The summed E-state index contributed by atoms with van der Waals surface area (Å²) in [5.41, 5.74) is 2.57. The van der Waals surface area contributed by atoms with Crippen LogP contribution in [0.2, 0.25) is 0 Å². The number of halogens is 2. The van der Waals surface area contributed by atoms with Gasteiger partial charge in [-0.05, 0) is 53.1 Å². The van der Waals surface area contributed by atoms with E-state index in [-0.39, 0.29) is 19.1 Å². The molecule has 0 aromatic heterocycles. The van der Waals surface area contributed by atoms with Crippen LogP contribution in [0.5, 0.6) is 17.2 Å². The van der Waals surface area contributed by atoms with E-state index in [2.05, 4.69) is 4.74 Å². The highest BCUT2D eigenvalue weighted by molar-refractivity contribution is 6.33. The van der Waals surface area contributed by atoms with Gasteiger partial charge in [0.25, 0.3) is 11.8 Å². The highest BCUT2D eigenvalue weighted by atomic mass is 19.3. The van der Waals surface area contributed by atoms with Gasteiger partial charge in [-0.25, -0.2) is 0 Å². The van der Waals surface area contributed by atoms with E-state index < -0.39 is 18.4 Å². The first-order valence-electron chi connectivity index (χ1n) is 10.1. The van der Waals surface area contributed by atoms with Gasteiger partial charge in [0, 0.05) is 11.1 Å². The summed E-state index contributed by atoms with van der Waals surface area (Å²) in [4.78, 5) is 27.7. The Kier molecular flexibility index (Phi) is 5.26. The van der Waals surface area contributed by atoms with E-state index in [1.165, 1.54) is 17.0 Å². The first-order valence-corrected chi connectivity index (χ1v) is 10.1. The Bertz CT molecular complexity index is 1270. The van der Waals surface area contributed by atoms with Gasteiger partial charge in [-0.1, -0.05) is 36.4 Å². The van der Waals surface area contributed by atoms with Gasteiger partial charge in [-0.2, -0.15) is 8.78 Å². The van der Waals surface area contributed by atoms with E-state index in [4.69, 9.17) is 9.47 Å². The second kappa shape index (κ2) is 8.38. The monoisotopic (exact) mass is 449 g/mol. The number of ether oxygens (including phenoxy) is 3. The maximum absolute atomic E-state index is 13.4. The molecule has 0 unspecified atom stereocenters. The van der Waals surface area contributed by atoms with E-state index in [0.717, 1.165) is 0 Å². The van der Waals surface area contributed by atoms with E-state index in [1.807, 2.05) is 0 Å². The van der Waals surface area contributed by atoms with E-state index in [1.54, 1.807) is 60.7 Å². The van der Waals surface area contributed by atoms with Crippen LogP contribution < -0.4 is 14.2 Å². The summed E-state index contributed by atoms with van der Waals surface area (Å²) in [6.07, 6.45) is 1.63. The molecule has 0 radical (unpaired) electrons. The number of amides is 2. The third kappa shape index (κ3) is 4.03. The molecule has 33 heavy (non-hydrogen) atoms. The number of rotatable bonds is 5. The molecule has 3 aromatic rings. The molecule has 0 N–H and O–H groups in total. The maximum Gasteiger partial charge on any atom is 0.387 e. The first kappa shape index (κ1) is 20.7. The minimum Gasteiger partial charge on any atom is -0.454 e. The normalized spacial score (nSPS) is 15.8. The predicted molar refractivity (Wildman–Crippen MR) is 115 cm³/mol. The molecule has 6 nitrogen and oxygen atoms in total. The SMILES string of the molecule is O=C1/C(=C/c2ccc(OC(F)F)cc2)c2ccccc2C(=O)N1Cc1ccc2c(c1)OCO2. The highest BCUT2D eigenvalue weighted by Crippen LogP contribution is 2.35. The van der Waals surface area contributed by atoms with E-state index >= 15 is 0 Å². The van der Waals surface area contributed by atoms with Gasteiger partial charge in [-0.3, -0.25) is 14.5 Å². The molecule has 3 aromatic carbocycles. The van der Waals surface area contributed by atoms with E-state index in [0.29, 0.717) is 39.3 Å². The van der Waals surface area contributed by atoms with Crippen molar-refractivity contribution < 1.29 is 32.6 Å². The quantitative estimate of drug-likeness (QED) is 0.416. The summed E-state index contributed by atoms with van der Waals surface area (Å²) in [6.45, 7) is -2.74. The topological polar surface area (TPSA) is 65.1 Å². The van der Waals surface area contributed by atoms with Crippen LogP contribution in [-0.4, -0.2) is 30.1 Å². The molecule has 8 heteroatoms. The molecule has 2 aliphatic rings. The van der Waals surface area contributed by atoms with Crippen molar-refractivity contribution in [3.8, 4) is 17.2 Å². The third-order valence-corrected chi connectivity index (χ3v) is 5.36. The summed E-state index contributed by atoms with van der Waals surface area (Å²) < 4.78 is 39.9. The highest BCUT2D eigenvalue weighted by Gasteiger charge is 2.34. The fraction of sp³-hybridized carbons (Fsp3) is 0.120. The molecule has 2 heterocycles. The lowest BCUT2D eigenvalue weighted by Crippen LogP contribution is -2.41. The number of fused-ring (bicyclic) bond motifs is 2. The van der Waals surface area contributed by atoms with Gasteiger partial charge in [0.15, 0.2) is 11.5 Å². The van der Waals surface area contributed by atoms with Crippen LogP contribution in [0.25, 0.3) is 11.6 Å². The largest absolute Gasteiger partial charge is 0.454 e. The number of carbonyl (C=O) groups excluding carboxylic acids is 2. The number of benzene rings is 3. The average Bonchev–Trinajstić information content (AvgIpc) is 3.28. The lowest BCUT2D eigenvalue weighted by atomic mass is 9.91. The Morgan fingerprint density at radius 2 is 1.64 bits per heavy atom. The van der Waals surface area contributed by atoms with Crippen molar-refractivity contribution in [2.75, 3.05) is 6.79 Å². The molecular weight excluding hydrogens is 432 g/mol. The van der Waals surface area contributed by atoms with Crippen molar-refractivity contribution >= 4 is 23.5 Å². The summed E-state index contributed by atoms with van der Waals surface area (Å²) in [5.74, 6) is 0.337. The zero-order valence-corrected chi connectivity index (χ0v) is 17.2. The van der Waals surface area contributed by atoms with Crippen LogP contribution in [0.4, 0.5) is 8.78 Å². The number of alkyl halides is 2. The Labute approximate surface area is 187 Å². The number of nitrogens with zero attached hydrogens (tertiary/aromatic N) is 1. The molecule has 2 amide bonds. The Hall–Kier alpha value is -4.20. The molecule has 0 spiro atoms. The number of hydrogen-bond donors (Lipinski definition) is 0. The lowest BCUT2D eigenvalue weighted by Gasteiger charge is -2.29. The van der Waals surface area contributed by atoms with Gasteiger partial charge < -0.3 is 14.2 Å². The van der Waals surface area contributed by atoms with Gasteiger partial charge in [-0.15, -0.1) is 0 Å².